The van der Waals surface area contributed by atoms with E-state index in [0.717, 1.165) is 64.2 Å². The van der Waals surface area contributed by atoms with Crippen LogP contribution in [-0.2, 0) is 45.7 Å². The molecule has 0 atom stereocenters. The van der Waals surface area contributed by atoms with Crippen LogP contribution in [0.3, 0.4) is 0 Å². The van der Waals surface area contributed by atoms with Crippen molar-refractivity contribution in [3.05, 3.63) is 94.6 Å². The van der Waals surface area contributed by atoms with E-state index in [1.165, 1.54) is 107 Å². The van der Waals surface area contributed by atoms with E-state index >= 15 is 0 Å². The Morgan fingerprint density at radius 2 is 0.847 bits per heavy atom. The maximum Gasteiger partial charge on any atom is 0.0979 e. The summed E-state index contributed by atoms with van der Waals surface area (Å²) in [4.78, 5) is 21.5. The molecule has 72 heavy (non-hydrogen) atoms. The van der Waals surface area contributed by atoms with E-state index in [9.17, 15) is 0 Å². The van der Waals surface area contributed by atoms with Gasteiger partial charge in [-0.25, -0.2) is 0 Å². The lowest BCUT2D eigenvalue weighted by atomic mass is 9.73. The number of nitrogens with zero attached hydrogens (tertiary/aromatic N) is 7. The Hall–Kier alpha value is -2.76. The summed E-state index contributed by atoms with van der Waals surface area (Å²) in [7, 11) is 0. The molecule has 2 aromatic heterocycles. The molecule has 0 amide bonds. The first kappa shape index (κ1) is 57.0. The molecule has 1 aliphatic carbocycles. The fourth-order valence-electron chi connectivity index (χ4n) is 12.9. The standard InChI is InChI=1S/C17H25N.2C15H22N2O.C9H19N.C7H15N/c1-16(2,3)18-12-10-17(11-13-18)9-8-14-6-4-5-7-15(14)17;1-14(2,3)17-8-5-15(6-9-17)13-10-16-7-4-12(13)11-18-15;1-14(2,3)17-9-6-15(7-10-17)12-5-4-8-16-13(12)11-18-15;1-9(2,3)10-7-5-4-6-8-10;1-7(2,3)8-5-4-6-8/h4-7H,8-13H2,1-3H3;4,7,10H,5-6,8-9,11H2,1-3H3;4-5,8H,6-7,9-11H2,1-3H3;4-8H2,1-3H3;4-6H2,1-3H3. The number of aromatic nitrogens is 2. The molecule has 0 bridgehead atoms. The first-order chi connectivity index (χ1) is 33.7. The van der Waals surface area contributed by atoms with Crippen LogP contribution in [0.4, 0.5) is 0 Å². The predicted molar refractivity (Wildman–Crippen MR) is 301 cm³/mol. The lowest BCUT2D eigenvalue weighted by Gasteiger charge is -2.45. The van der Waals surface area contributed by atoms with Crippen LogP contribution < -0.4 is 0 Å². The molecule has 3 aromatic rings. The minimum Gasteiger partial charge on any atom is -0.365 e. The van der Waals surface area contributed by atoms with Crippen LogP contribution in [0.25, 0.3) is 0 Å². The van der Waals surface area contributed by atoms with Gasteiger partial charge in [0.2, 0.25) is 0 Å². The summed E-state index contributed by atoms with van der Waals surface area (Å²) < 4.78 is 12.3. The number of fused-ring (bicyclic) bond motifs is 6. The van der Waals surface area contributed by atoms with Crippen molar-refractivity contribution < 1.29 is 9.47 Å². The van der Waals surface area contributed by atoms with E-state index in [0.29, 0.717) is 28.6 Å². The first-order valence-electron chi connectivity index (χ1n) is 28.7. The van der Waals surface area contributed by atoms with E-state index in [2.05, 4.69) is 175 Å². The summed E-state index contributed by atoms with van der Waals surface area (Å²) in [6.45, 7) is 48.1. The van der Waals surface area contributed by atoms with Crippen molar-refractivity contribution in [2.45, 2.75) is 238 Å². The molecule has 3 spiro atoms. The topological polar surface area (TPSA) is 60.4 Å². The molecule has 0 unspecified atom stereocenters. The second-order valence-corrected chi connectivity index (χ2v) is 27.7. The average molecular weight is 991 g/mol. The summed E-state index contributed by atoms with van der Waals surface area (Å²) in [5, 5.41) is 0. The van der Waals surface area contributed by atoms with Gasteiger partial charge in [0.15, 0.2) is 0 Å². The molecule has 1 aromatic carbocycles. The van der Waals surface area contributed by atoms with Gasteiger partial charge in [0, 0.05) is 83.6 Å². The highest BCUT2D eigenvalue weighted by Gasteiger charge is 2.46. The number of benzene rings is 1. The van der Waals surface area contributed by atoms with Gasteiger partial charge in [-0.15, -0.1) is 0 Å². The molecule has 5 saturated heterocycles. The Labute approximate surface area is 440 Å². The fourth-order valence-corrected chi connectivity index (χ4v) is 12.9. The number of likely N-dealkylation sites (tertiary alicyclic amines) is 5. The van der Waals surface area contributed by atoms with Crippen LogP contribution in [0.15, 0.2) is 61.1 Å². The van der Waals surface area contributed by atoms with Gasteiger partial charge in [-0.05, 0) is 248 Å². The van der Waals surface area contributed by atoms with Crippen LogP contribution in [-0.4, -0.2) is 128 Å². The van der Waals surface area contributed by atoms with Crippen LogP contribution in [0.2, 0.25) is 0 Å². The summed E-state index contributed by atoms with van der Waals surface area (Å²) in [6.07, 6.45) is 21.1. The highest BCUT2D eigenvalue weighted by atomic mass is 16.5. The molecule has 11 rings (SSSR count). The normalized spacial score (nSPS) is 23.2. The molecule has 0 N–H and O–H groups in total. The van der Waals surface area contributed by atoms with Gasteiger partial charge in [0.1, 0.15) is 0 Å². The number of pyridine rings is 2. The Morgan fingerprint density at radius 1 is 0.403 bits per heavy atom. The van der Waals surface area contributed by atoms with E-state index < -0.39 is 0 Å². The Morgan fingerprint density at radius 3 is 1.33 bits per heavy atom. The van der Waals surface area contributed by atoms with Crippen molar-refractivity contribution >= 4 is 0 Å². The molecule has 0 radical (unpaired) electrons. The summed E-state index contributed by atoms with van der Waals surface area (Å²) >= 11 is 0. The summed E-state index contributed by atoms with van der Waals surface area (Å²) in [6, 6.07) is 15.5. The molecule has 0 saturated carbocycles. The highest BCUT2D eigenvalue weighted by Crippen LogP contribution is 2.48. The molecule has 7 aliphatic heterocycles. The monoisotopic (exact) mass is 990 g/mol. The Kier molecular flexibility index (Phi) is 18.1. The van der Waals surface area contributed by atoms with Gasteiger partial charge >= 0.3 is 0 Å². The van der Waals surface area contributed by atoms with Crippen LogP contribution >= 0.6 is 0 Å². The zero-order valence-electron chi connectivity index (χ0n) is 48.7. The molecule has 402 valence electrons. The molecule has 5 fully saturated rings. The summed E-state index contributed by atoms with van der Waals surface area (Å²) in [5.74, 6) is 0. The number of aryl methyl sites for hydroxylation is 1. The third-order valence-electron chi connectivity index (χ3n) is 18.1. The number of ether oxygens (including phenoxy) is 2. The lowest BCUT2D eigenvalue weighted by Crippen LogP contribution is -2.50. The van der Waals surface area contributed by atoms with Crippen molar-refractivity contribution in [3.63, 3.8) is 0 Å². The number of piperidine rings is 4. The van der Waals surface area contributed by atoms with Gasteiger partial charge < -0.3 is 9.47 Å². The first-order valence-corrected chi connectivity index (χ1v) is 28.7. The van der Waals surface area contributed by atoms with Gasteiger partial charge in [0.25, 0.3) is 0 Å². The third-order valence-corrected chi connectivity index (χ3v) is 18.1. The van der Waals surface area contributed by atoms with Gasteiger partial charge in [-0.3, -0.25) is 34.5 Å². The van der Waals surface area contributed by atoms with Crippen molar-refractivity contribution in [3.8, 4) is 0 Å². The molecular weight excluding hydrogens is 887 g/mol. The van der Waals surface area contributed by atoms with Crippen molar-refractivity contribution in [1.82, 2.24) is 34.5 Å². The fraction of sp³-hybridized carbons (Fsp3) is 0.746. The third kappa shape index (κ3) is 13.8. The van der Waals surface area contributed by atoms with Crippen LogP contribution in [0.1, 0.15) is 208 Å². The maximum absolute atomic E-state index is 6.15. The van der Waals surface area contributed by atoms with E-state index in [4.69, 9.17) is 9.47 Å². The van der Waals surface area contributed by atoms with Crippen molar-refractivity contribution in [2.24, 2.45) is 0 Å². The van der Waals surface area contributed by atoms with E-state index in [1.807, 2.05) is 24.7 Å². The minimum atomic E-state index is -0.0503. The van der Waals surface area contributed by atoms with Crippen molar-refractivity contribution in [1.29, 1.82) is 0 Å². The quantitative estimate of drug-likeness (QED) is 0.219. The number of hydrogen-bond acceptors (Lipinski definition) is 9. The van der Waals surface area contributed by atoms with Crippen molar-refractivity contribution in [2.75, 3.05) is 65.4 Å². The Balaban J connectivity index is 0.000000136. The molecule has 9 heterocycles. The smallest absolute Gasteiger partial charge is 0.0979 e. The second-order valence-electron chi connectivity index (χ2n) is 27.7. The summed E-state index contributed by atoms with van der Waals surface area (Å²) in [5.41, 5.74) is 10.5. The zero-order valence-corrected chi connectivity index (χ0v) is 48.7. The van der Waals surface area contributed by atoms with Gasteiger partial charge in [-0.2, -0.15) is 0 Å². The SMILES string of the molecule is CC(C)(C)N1CCC1.CC(C)(C)N1CCC2(CC1)OCc1ccncc12.CC(C)(C)N1CCC2(CC1)OCc1ncccc12.CC(C)(C)N1CCC2(CCc3ccccc32)CC1.CC(C)(C)N1CCCCC1. The highest BCUT2D eigenvalue weighted by molar-refractivity contribution is 5.40. The molecule has 9 nitrogen and oxygen atoms in total. The molecular formula is C63H103N7O2. The Bertz CT molecular complexity index is 1950. The predicted octanol–water partition coefficient (Wildman–Crippen LogP) is 12.9. The number of rotatable bonds is 0. The molecule has 9 heteroatoms. The van der Waals surface area contributed by atoms with Crippen LogP contribution in [0, 0.1) is 0 Å². The van der Waals surface area contributed by atoms with E-state index in [1.54, 1.807) is 11.1 Å². The van der Waals surface area contributed by atoms with Crippen LogP contribution in [0.5, 0.6) is 0 Å². The van der Waals surface area contributed by atoms with Gasteiger partial charge in [-0.1, -0.05) is 36.8 Å². The van der Waals surface area contributed by atoms with Gasteiger partial charge in [0.05, 0.1) is 30.1 Å². The van der Waals surface area contributed by atoms with E-state index in [-0.39, 0.29) is 22.3 Å². The second kappa shape index (κ2) is 22.8. The largest absolute Gasteiger partial charge is 0.365 e. The zero-order chi connectivity index (χ0) is 52.2. The molecule has 8 aliphatic rings. The lowest BCUT2D eigenvalue weighted by molar-refractivity contribution is -0.0907. The maximum atomic E-state index is 6.15. The minimum absolute atomic E-state index is 0.0503. The average Bonchev–Trinajstić information content (AvgIpc) is 3.97. The number of hydrogen-bond donors (Lipinski definition) is 0.